The van der Waals surface area contributed by atoms with Crippen LogP contribution in [0, 0.1) is 5.92 Å². The minimum atomic E-state index is -1.09. The zero-order valence-corrected chi connectivity index (χ0v) is 13.6. The van der Waals surface area contributed by atoms with Gasteiger partial charge < -0.3 is 10.0 Å². The summed E-state index contributed by atoms with van der Waals surface area (Å²) in [4.78, 5) is 36.2. The molecule has 1 aliphatic heterocycles. The van der Waals surface area contributed by atoms with Crippen molar-refractivity contribution in [3.8, 4) is 0 Å². The molecular formula is C15H16ClNO4S. The Morgan fingerprint density at radius 2 is 2.23 bits per heavy atom. The van der Waals surface area contributed by atoms with Crippen LogP contribution < -0.4 is 0 Å². The molecule has 118 valence electrons. The first-order valence-electron chi connectivity index (χ1n) is 6.79. The largest absolute Gasteiger partial charge is 0.479 e. The van der Waals surface area contributed by atoms with E-state index in [9.17, 15) is 19.5 Å². The number of amides is 1. The van der Waals surface area contributed by atoms with Gasteiger partial charge in [0, 0.05) is 30.7 Å². The first kappa shape index (κ1) is 16.8. The van der Waals surface area contributed by atoms with Gasteiger partial charge in [0.25, 0.3) is 0 Å². The van der Waals surface area contributed by atoms with E-state index in [0.29, 0.717) is 22.9 Å². The molecule has 5 nitrogen and oxygen atoms in total. The Morgan fingerprint density at radius 3 is 2.82 bits per heavy atom. The third-order valence-electron chi connectivity index (χ3n) is 3.47. The average molecular weight is 342 g/mol. The number of likely N-dealkylation sites (tertiary alicyclic amines) is 1. The predicted octanol–water partition coefficient (Wildman–Crippen LogP) is 2.59. The van der Waals surface area contributed by atoms with Crippen molar-refractivity contribution in [2.75, 3.05) is 12.3 Å². The fraction of sp³-hybridized carbons (Fsp3) is 0.400. The van der Waals surface area contributed by atoms with E-state index in [1.807, 2.05) is 0 Å². The molecule has 2 atom stereocenters. The molecule has 1 heterocycles. The maximum Gasteiger partial charge on any atom is 0.331 e. The lowest BCUT2D eigenvalue weighted by atomic mass is 10.1. The van der Waals surface area contributed by atoms with Crippen molar-refractivity contribution in [3.05, 3.63) is 34.9 Å². The molecule has 2 unspecified atom stereocenters. The predicted molar refractivity (Wildman–Crippen MR) is 84.8 cm³/mol. The molecule has 22 heavy (non-hydrogen) atoms. The van der Waals surface area contributed by atoms with E-state index in [0.717, 1.165) is 11.8 Å². The lowest BCUT2D eigenvalue weighted by Crippen LogP contribution is -2.35. The van der Waals surface area contributed by atoms with Gasteiger partial charge in [0.2, 0.25) is 5.91 Å². The molecule has 1 aromatic rings. The maximum atomic E-state index is 12.2. The molecule has 0 radical (unpaired) electrons. The van der Waals surface area contributed by atoms with Crippen molar-refractivity contribution >= 4 is 40.4 Å². The van der Waals surface area contributed by atoms with E-state index >= 15 is 0 Å². The number of hydrogen-bond acceptors (Lipinski definition) is 4. The number of aliphatic carboxylic acids is 1. The van der Waals surface area contributed by atoms with E-state index in [1.165, 1.54) is 11.8 Å². The number of carboxylic acids is 1. The average Bonchev–Trinajstić information content (AvgIpc) is 2.78. The van der Waals surface area contributed by atoms with Gasteiger partial charge in [-0.1, -0.05) is 35.5 Å². The molecule has 1 fully saturated rings. The molecule has 1 saturated heterocycles. The van der Waals surface area contributed by atoms with Gasteiger partial charge in [-0.25, -0.2) is 4.79 Å². The van der Waals surface area contributed by atoms with Crippen LogP contribution in [0.5, 0.6) is 0 Å². The van der Waals surface area contributed by atoms with Gasteiger partial charge in [0.05, 0.1) is 0 Å². The summed E-state index contributed by atoms with van der Waals surface area (Å²) in [5.41, 5.74) is 0.480. The van der Waals surface area contributed by atoms with Gasteiger partial charge in [-0.2, -0.15) is 0 Å². The monoisotopic (exact) mass is 341 g/mol. The zero-order valence-electron chi connectivity index (χ0n) is 12.0. The number of halogens is 1. The highest BCUT2D eigenvalue weighted by atomic mass is 35.5. The third-order valence-corrected chi connectivity index (χ3v) is 4.75. The van der Waals surface area contributed by atoms with Gasteiger partial charge in [-0.05, 0) is 23.6 Å². The van der Waals surface area contributed by atoms with Gasteiger partial charge in [-0.15, -0.1) is 0 Å². The lowest BCUT2D eigenvalue weighted by molar-refractivity contribution is -0.148. The minimum absolute atomic E-state index is 0.00414. The fourth-order valence-corrected chi connectivity index (χ4v) is 3.43. The molecule has 0 aromatic heterocycles. The summed E-state index contributed by atoms with van der Waals surface area (Å²) >= 11 is 7.08. The highest BCUT2D eigenvalue weighted by Gasteiger charge is 2.38. The first-order valence-corrected chi connectivity index (χ1v) is 8.16. The van der Waals surface area contributed by atoms with Crippen LogP contribution in [-0.4, -0.2) is 39.3 Å². The van der Waals surface area contributed by atoms with Crippen molar-refractivity contribution in [2.24, 2.45) is 5.92 Å². The number of rotatable bonds is 5. The molecule has 1 N–H and O–H groups in total. The van der Waals surface area contributed by atoms with Crippen molar-refractivity contribution in [2.45, 2.75) is 19.4 Å². The van der Waals surface area contributed by atoms with Crippen LogP contribution in [0.3, 0.4) is 0 Å². The SMILES string of the molecule is CC(=O)SCC1CC(=O)N(C(C(=O)O)c2cccc(Cl)c2)C1. The Hall–Kier alpha value is -1.53. The number of carboxylic acid groups (broad SMARTS) is 1. The Kier molecular flexibility index (Phi) is 5.47. The summed E-state index contributed by atoms with van der Waals surface area (Å²) in [5, 5.41) is 9.93. The van der Waals surface area contributed by atoms with Gasteiger partial charge in [0.15, 0.2) is 11.2 Å². The quantitative estimate of drug-likeness (QED) is 0.891. The lowest BCUT2D eigenvalue weighted by Gasteiger charge is -2.25. The second kappa shape index (κ2) is 7.15. The summed E-state index contributed by atoms with van der Waals surface area (Å²) in [7, 11) is 0. The Bertz CT molecular complexity index is 607. The van der Waals surface area contributed by atoms with E-state index < -0.39 is 12.0 Å². The van der Waals surface area contributed by atoms with Crippen molar-refractivity contribution < 1.29 is 19.5 Å². The van der Waals surface area contributed by atoms with E-state index in [-0.39, 0.29) is 23.4 Å². The third kappa shape index (κ3) is 4.01. The van der Waals surface area contributed by atoms with Crippen LogP contribution >= 0.6 is 23.4 Å². The Labute approximate surface area is 137 Å². The van der Waals surface area contributed by atoms with Crippen LogP contribution in [0.4, 0.5) is 0 Å². The maximum absolute atomic E-state index is 12.2. The van der Waals surface area contributed by atoms with Crippen LogP contribution in [0.25, 0.3) is 0 Å². The molecule has 0 saturated carbocycles. The molecule has 1 aromatic carbocycles. The Morgan fingerprint density at radius 1 is 1.50 bits per heavy atom. The summed E-state index contributed by atoms with van der Waals surface area (Å²) in [6.45, 7) is 1.81. The molecule has 0 spiro atoms. The van der Waals surface area contributed by atoms with Crippen molar-refractivity contribution in [3.63, 3.8) is 0 Å². The van der Waals surface area contributed by atoms with Crippen molar-refractivity contribution in [1.82, 2.24) is 4.90 Å². The van der Waals surface area contributed by atoms with Gasteiger partial charge >= 0.3 is 5.97 Å². The second-order valence-electron chi connectivity index (χ2n) is 5.21. The number of nitrogens with zero attached hydrogens (tertiary/aromatic N) is 1. The highest BCUT2D eigenvalue weighted by Crippen LogP contribution is 2.31. The highest BCUT2D eigenvalue weighted by molar-refractivity contribution is 8.13. The van der Waals surface area contributed by atoms with Crippen LogP contribution in [0.15, 0.2) is 24.3 Å². The smallest absolute Gasteiger partial charge is 0.331 e. The molecule has 1 amide bonds. The van der Waals surface area contributed by atoms with E-state index in [2.05, 4.69) is 0 Å². The fourth-order valence-electron chi connectivity index (χ4n) is 2.54. The normalized spacial score (nSPS) is 19.3. The van der Waals surface area contributed by atoms with Crippen molar-refractivity contribution in [1.29, 1.82) is 0 Å². The molecular weight excluding hydrogens is 326 g/mol. The molecule has 2 rings (SSSR count). The molecule has 1 aliphatic rings. The first-order chi connectivity index (χ1) is 10.4. The summed E-state index contributed by atoms with van der Waals surface area (Å²) in [6.07, 6.45) is 0.268. The minimum Gasteiger partial charge on any atom is -0.479 e. The van der Waals surface area contributed by atoms with Gasteiger partial charge in [-0.3, -0.25) is 9.59 Å². The van der Waals surface area contributed by atoms with Crippen LogP contribution in [-0.2, 0) is 14.4 Å². The molecule has 0 aliphatic carbocycles. The number of carbonyl (C=O) groups excluding carboxylic acids is 2. The molecule has 0 bridgehead atoms. The number of carbonyl (C=O) groups is 3. The summed E-state index contributed by atoms with van der Waals surface area (Å²) in [6, 6.07) is 5.48. The number of hydrogen-bond donors (Lipinski definition) is 1. The molecule has 7 heteroatoms. The van der Waals surface area contributed by atoms with Crippen LogP contribution in [0.1, 0.15) is 24.9 Å². The van der Waals surface area contributed by atoms with E-state index in [4.69, 9.17) is 11.6 Å². The van der Waals surface area contributed by atoms with Crippen LogP contribution in [0.2, 0.25) is 5.02 Å². The zero-order chi connectivity index (χ0) is 16.3. The summed E-state index contributed by atoms with van der Waals surface area (Å²) in [5.74, 6) is -0.779. The van der Waals surface area contributed by atoms with E-state index in [1.54, 1.807) is 24.3 Å². The second-order valence-corrected chi connectivity index (χ2v) is 6.85. The number of thioether (sulfide) groups is 1. The Balaban J connectivity index is 2.17. The summed E-state index contributed by atoms with van der Waals surface area (Å²) < 4.78 is 0. The van der Waals surface area contributed by atoms with Gasteiger partial charge in [0.1, 0.15) is 0 Å². The number of benzene rings is 1. The topological polar surface area (TPSA) is 74.7 Å². The standard InChI is InChI=1S/C15H16ClNO4S/c1-9(18)22-8-10-5-13(19)17(7-10)14(15(20)21)11-3-2-4-12(16)6-11/h2-4,6,10,14H,5,7-8H2,1H3,(H,20,21).